The summed E-state index contributed by atoms with van der Waals surface area (Å²) in [7, 11) is 0. The first-order valence-electron chi connectivity index (χ1n) is 12.6. The molecule has 0 spiro atoms. The van der Waals surface area contributed by atoms with Gasteiger partial charge in [0.05, 0.1) is 6.61 Å². The maximum absolute atomic E-state index is 12.6. The van der Waals surface area contributed by atoms with Gasteiger partial charge in [-0.05, 0) is 69.3 Å². The Hall–Kier alpha value is -2.18. The fraction of sp³-hybridized carbons (Fsp3) is 0.778. The number of Topliss-reactive ketones (excluding diaryl/α,β-unsaturated/α-hetero) is 1. The van der Waals surface area contributed by atoms with E-state index in [0.29, 0.717) is 12.3 Å². The molecule has 7 heteroatoms. The van der Waals surface area contributed by atoms with Crippen molar-refractivity contribution >= 4 is 23.7 Å². The van der Waals surface area contributed by atoms with Crippen molar-refractivity contribution in [3.8, 4) is 0 Å². The van der Waals surface area contributed by atoms with Crippen molar-refractivity contribution in [2.75, 3.05) is 6.61 Å². The second-order valence-corrected chi connectivity index (χ2v) is 11.0. The van der Waals surface area contributed by atoms with Gasteiger partial charge in [0.1, 0.15) is 12.2 Å². The van der Waals surface area contributed by atoms with Crippen molar-refractivity contribution in [1.82, 2.24) is 0 Å². The molecule has 3 rings (SSSR count). The van der Waals surface area contributed by atoms with Crippen LogP contribution < -0.4 is 0 Å². The standard InChI is InChI=1S/C27H40O7/c1-16(28)23-9-10-24(27(23,6)13-14-32-17(2)29)22-8-7-20-15-21(33-18(3)30)11-12-26(20,5)25(22)34-19(4)31/h9,20-22,24-25H,7-8,10-15H2,1-6H3/t20-,21-,22-,24-,25-,26-,27+/m0/s1. The molecule has 3 aliphatic carbocycles. The van der Waals surface area contributed by atoms with Crippen molar-refractivity contribution in [1.29, 1.82) is 0 Å². The average molecular weight is 477 g/mol. The molecule has 0 aromatic heterocycles. The van der Waals surface area contributed by atoms with Gasteiger partial charge < -0.3 is 14.2 Å². The predicted octanol–water partition coefficient (Wildman–Crippen LogP) is 4.56. The lowest BCUT2D eigenvalue weighted by molar-refractivity contribution is -0.187. The molecule has 2 saturated carbocycles. The molecule has 34 heavy (non-hydrogen) atoms. The van der Waals surface area contributed by atoms with Gasteiger partial charge in [-0.2, -0.15) is 0 Å². The molecule has 7 atom stereocenters. The number of fused-ring (bicyclic) bond motifs is 1. The van der Waals surface area contributed by atoms with E-state index in [-0.39, 0.29) is 59.8 Å². The van der Waals surface area contributed by atoms with E-state index in [4.69, 9.17) is 14.2 Å². The summed E-state index contributed by atoms with van der Waals surface area (Å²) in [6, 6.07) is 0. The maximum Gasteiger partial charge on any atom is 0.302 e. The summed E-state index contributed by atoms with van der Waals surface area (Å²) in [6.45, 7) is 10.5. The summed E-state index contributed by atoms with van der Waals surface area (Å²) in [5.41, 5.74) is 0.112. The lowest BCUT2D eigenvalue weighted by atomic mass is 9.52. The number of allylic oxidation sites excluding steroid dienone is 2. The molecular weight excluding hydrogens is 436 g/mol. The monoisotopic (exact) mass is 476 g/mol. The van der Waals surface area contributed by atoms with E-state index in [2.05, 4.69) is 13.8 Å². The van der Waals surface area contributed by atoms with Gasteiger partial charge in [-0.3, -0.25) is 19.2 Å². The highest BCUT2D eigenvalue weighted by Gasteiger charge is 2.58. The van der Waals surface area contributed by atoms with Crippen LogP contribution in [0.5, 0.6) is 0 Å². The minimum Gasteiger partial charge on any atom is -0.466 e. The Balaban J connectivity index is 1.90. The third-order valence-corrected chi connectivity index (χ3v) is 8.83. The number of rotatable bonds is 7. The van der Waals surface area contributed by atoms with Crippen LogP contribution in [-0.2, 0) is 33.4 Å². The third-order valence-electron chi connectivity index (χ3n) is 8.83. The van der Waals surface area contributed by atoms with Crippen LogP contribution in [0.2, 0.25) is 0 Å². The van der Waals surface area contributed by atoms with Gasteiger partial charge in [0, 0.05) is 37.5 Å². The number of hydrogen-bond donors (Lipinski definition) is 0. The van der Waals surface area contributed by atoms with Crippen LogP contribution in [0.4, 0.5) is 0 Å². The van der Waals surface area contributed by atoms with Gasteiger partial charge in [-0.25, -0.2) is 0 Å². The van der Waals surface area contributed by atoms with Gasteiger partial charge in [0.15, 0.2) is 5.78 Å². The number of esters is 3. The summed E-state index contributed by atoms with van der Waals surface area (Å²) in [6.07, 6.45) is 7.16. The normalized spacial score (nSPS) is 37.2. The molecule has 3 aliphatic rings. The Labute approximate surface area is 203 Å². The fourth-order valence-corrected chi connectivity index (χ4v) is 7.25. The molecule has 0 N–H and O–H groups in total. The summed E-state index contributed by atoms with van der Waals surface area (Å²) >= 11 is 0. The quantitative estimate of drug-likeness (QED) is 0.392. The maximum atomic E-state index is 12.6. The minimum absolute atomic E-state index is 0.0404. The summed E-state index contributed by atoms with van der Waals surface area (Å²) in [5, 5.41) is 0. The van der Waals surface area contributed by atoms with E-state index in [1.807, 2.05) is 6.08 Å². The van der Waals surface area contributed by atoms with E-state index in [9.17, 15) is 19.2 Å². The third kappa shape index (κ3) is 5.23. The molecule has 0 heterocycles. The molecular formula is C27H40O7. The number of ketones is 1. The van der Waals surface area contributed by atoms with Crippen LogP contribution in [-0.4, -0.2) is 42.5 Å². The van der Waals surface area contributed by atoms with E-state index >= 15 is 0 Å². The van der Waals surface area contributed by atoms with Crippen LogP contribution in [0, 0.1) is 28.6 Å². The summed E-state index contributed by atoms with van der Waals surface area (Å²) < 4.78 is 16.9. The Morgan fingerprint density at radius 1 is 0.941 bits per heavy atom. The molecule has 0 amide bonds. The molecule has 0 aromatic carbocycles. The number of carbonyl (C=O) groups is 4. The first-order chi connectivity index (χ1) is 15.9. The highest BCUT2D eigenvalue weighted by molar-refractivity contribution is 5.95. The highest BCUT2D eigenvalue weighted by atomic mass is 16.5. The number of hydrogen-bond acceptors (Lipinski definition) is 7. The van der Waals surface area contributed by atoms with E-state index < -0.39 is 5.41 Å². The van der Waals surface area contributed by atoms with Gasteiger partial charge in [0.25, 0.3) is 0 Å². The van der Waals surface area contributed by atoms with Crippen LogP contribution in [0.25, 0.3) is 0 Å². The summed E-state index contributed by atoms with van der Waals surface area (Å²) in [4.78, 5) is 47.7. The van der Waals surface area contributed by atoms with Crippen molar-refractivity contribution in [3.63, 3.8) is 0 Å². The highest BCUT2D eigenvalue weighted by Crippen LogP contribution is 2.60. The first kappa shape index (κ1) is 26.4. The molecule has 2 fully saturated rings. The van der Waals surface area contributed by atoms with Gasteiger partial charge in [-0.1, -0.05) is 19.9 Å². The van der Waals surface area contributed by atoms with E-state index in [0.717, 1.165) is 44.1 Å². The number of ether oxygens (including phenoxy) is 3. The van der Waals surface area contributed by atoms with Crippen LogP contribution in [0.15, 0.2) is 11.6 Å². The van der Waals surface area contributed by atoms with Crippen molar-refractivity contribution < 1.29 is 33.4 Å². The smallest absolute Gasteiger partial charge is 0.302 e. The topological polar surface area (TPSA) is 96.0 Å². The second-order valence-electron chi connectivity index (χ2n) is 11.0. The van der Waals surface area contributed by atoms with Crippen molar-refractivity contribution in [3.05, 3.63) is 11.6 Å². The molecule has 0 saturated heterocycles. The average Bonchev–Trinajstić information content (AvgIpc) is 3.05. The Bertz CT molecular complexity index is 861. The summed E-state index contributed by atoms with van der Waals surface area (Å²) in [5.74, 6) is -0.351. The first-order valence-corrected chi connectivity index (χ1v) is 12.6. The SMILES string of the molecule is CC(=O)OCC[C@]1(C)C(C(C)=O)=CC[C@H]1[C@@H]1CC[C@H]2C[C@@H](OC(C)=O)CC[C@]2(C)[C@H]1OC(C)=O. The lowest BCUT2D eigenvalue weighted by Crippen LogP contribution is -2.56. The van der Waals surface area contributed by atoms with Crippen molar-refractivity contribution in [2.45, 2.75) is 98.7 Å². The van der Waals surface area contributed by atoms with Gasteiger partial charge >= 0.3 is 17.9 Å². The Morgan fingerprint density at radius 3 is 2.21 bits per heavy atom. The Morgan fingerprint density at radius 2 is 1.62 bits per heavy atom. The molecule has 0 unspecified atom stereocenters. The zero-order valence-electron chi connectivity index (χ0n) is 21.5. The van der Waals surface area contributed by atoms with Crippen molar-refractivity contribution in [2.24, 2.45) is 28.6 Å². The van der Waals surface area contributed by atoms with Gasteiger partial charge in [0.2, 0.25) is 0 Å². The largest absolute Gasteiger partial charge is 0.466 e. The second kappa shape index (κ2) is 10.2. The van der Waals surface area contributed by atoms with Crippen LogP contribution in [0.1, 0.15) is 86.5 Å². The Kier molecular flexibility index (Phi) is 7.93. The van der Waals surface area contributed by atoms with E-state index in [1.54, 1.807) is 6.92 Å². The van der Waals surface area contributed by atoms with Crippen LogP contribution in [0.3, 0.4) is 0 Å². The predicted molar refractivity (Wildman–Crippen MR) is 126 cm³/mol. The zero-order chi connectivity index (χ0) is 25.3. The molecule has 7 nitrogen and oxygen atoms in total. The molecule has 0 radical (unpaired) electrons. The molecule has 0 aliphatic heterocycles. The molecule has 190 valence electrons. The zero-order valence-corrected chi connectivity index (χ0v) is 21.5. The molecule has 0 aromatic rings. The van der Waals surface area contributed by atoms with E-state index in [1.165, 1.54) is 20.8 Å². The van der Waals surface area contributed by atoms with Gasteiger partial charge in [-0.15, -0.1) is 0 Å². The minimum atomic E-state index is -0.456. The van der Waals surface area contributed by atoms with Crippen LogP contribution >= 0.6 is 0 Å². The number of carbonyl (C=O) groups excluding carboxylic acids is 4. The fourth-order valence-electron chi connectivity index (χ4n) is 7.25. The lowest BCUT2D eigenvalue weighted by Gasteiger charge is -2.56. The molecule has 0 bridgehead atoms.